The van der Waals surface area contributed by atoms with Crippen LogP contribution in [0, 0.1) is 6.92 Å². The first kappa shape index (κ1) is 21.1. The van der Waals surface area contributed by atoms with Gasteiger partial charge in [-0.25, -0.2) is 8.42 Å². The minimum Gasteiger partial charge on any atom is -0.360 e. The Morgan fingerprint density at radius 1 is 0.844 bits per heavy atom. The number of hydrazine groups is 1. The highest BCUT2D eigenvalue weighted by atomic mass is 32.2. The highest BCUT2D eigenvalue weighted by Crippen LogP contribution is 2.19. The van der Waals surface area contributed by atoms with E-state index in [-0.39, 0.29) is 10.5 Å². The number of aryl methyl sites for hydroxylation is 1. The maximum atomic E-state index is 12.7. The number of fused-ring (bicyclic) bond motifs is 1. The summed E-state index contributed by atoms with van der Waals surface area (Å²) < 4.78 is 27.9. The van der Waals surface area contributed by atoms with E-state index in [1.807, 2.05) is 25.1 Å². The van der Waals surface area contributed by atoms with Gasteiger partial charge in [0.1, 0.15) is 0 Å². The van der Waals surface area contributed by atoms with Crippen molar-refractivity contribution in [3.05, 3.63) is 95.7 Å². The zero-order valence-corrected chi connectivity index (χ0v) is 17.9. The second kappa shape index (κ2) is 8.56. The predicted octanol–water partition coefficient (Wildman–Crippen LogP) is 3.35. The molecule has 0 bridgehead atoms. The summed E-state index contributed by atoms with van der Waals surface area (Å²) in [6.45, 7) is 1.90. The Morgan fingerprint density at radius 2 is 1.56 bits per heavy atom. The summed E-state index contributed by atoms with van der Waals surface area (Å²) >= 11 is 0. The van der Waals surface area contributed by atoms with Crippen molar-refractivity contribution in [2.24, 2.45) is 0 Å². The number of carbonyl (C=O) groups is 2. The number of hydrogen-bond acceptors (Lipinski definition) is 4. The van der Waals surface area contributed by atoms with Gasteiger partial charge in [-0.2, -0.15) is 0 Å². The summed E-state index contributed by atoms with van der Waals surface area (Å²) in [5, 5.41) is 0.717. The van der Waals surface area contributed by atoms with E-state index in [1.54, 1.807) is 36.5 Å². The molecule has 4 rings (SSSR count). The van der Waals surface area contributed by atoms with E-state index in [0.717, 1.165) is 16.5 Å². The van der Waals surface area contributed by atoms with Crippen LogP contribution in [0.2, 0.25) is 0 Å². The van der Waals surface area contributed by atoms with Gasteiger partial charge in [0, 0.05) is 28.4 Å². The highest BCUT2D eigenvalue weighted by molar-refractivity contribution is 7.92. The van der Waals surface area contributed by atoms with Gasteiger partial charge in [0.2, 0.25) is 0 Å². The van der Waals surface area contributed by atoms with Crippen LogP contribution >= 0.6 is 0 Å². The van der Waals surface area contributed by atoms with Gasteiger partial charge in [0.25, 0.3) is 21.8 Å². The van der Waals surface area contributed by atoms with Crippen LogP contribution in [0.15, 0.2) is 83.9 Å². The van der Waals surface area contributed by atoms with Gasteiger partial charge in [0.05, 0.1) is 10.5 Å². The Bertz CT molecular complexity index is 1410. The molecule has 9 heteroatoms. The molecule has 0 aliphatic rings. The molecule has 4 N–H and O–H groups in total. The molecule has 2 amide bonds. The minimum absolute atomic E-state index is 0.0753. The van der Waals surface area contributed by atoms with Crippen LogP contribution in [0.3, 0.4) is 0 Å². The Balaban J connectivity index is 1.46. The molecule has 0 radical (unpaired) electrons. The van der Waals surface area contributed by atoms with Gasteiger partial charge in [-0.15, -0.1) is 0 Å². The van der Waals surface area contributed by atoms with Crippen molar-refractivity contribution >= 4 is 38.4 Å². The maximum Gasteiger partial charge on any atom is 0.271 e. The quantitative estimate of drug-likeness (QED) is 0.350. The lowest BCUT2D eigenvalue weighted by molar-refractivity contribution is 0.0847. The number of amides is 2. The average Bonchev–Trinajstić information content (AvgIpc) is 3.23. The third-order valence-corrected chi connectivity index (χ3v) is 6.21. The molecule has 0 saturated heterocycles. The maximum absolute atomic E-state index is 12.7. The molecule has 32 heavy (non-hydrogen) atoms. The topological polar surface area (TPSA) is 120 Å². The molecule has 1 heterocycles. The van der Waals surface area contributed by atoms with Gasteiger partial charge in [-0.1, -0.05) is 42.0 Å². The molecule has 0 unspecified atom stereocenters. The largest absolute Gasteiger partial charge is 0.360 e. The second-order valence-electron chi connectivity index (χ2n) is 7.16. The van der Waals surface area contributed by atoms with Crippen molar-refractivity contribution in [2.45, 2.75) is 11.8 Å². The number of H-pyrrole nitrogens is 1. The van der Waals surface area contributed by atoms with E-state index in [2.05, 4.69) is 20.6 Å². The number of anilines is 1. The van der Waals surface area contributed by atoms with Crippen molar-refractivity contribution in [3.8, 4) is 0 Å². The van der Waals surface area contributed by atoms with Crippen molar-refractivity contribution in [2.75, 3.05) is 4.72 Å². The van der Waals surface area contributed by atoms with Crippen LogP contribution in [0.25, 0.3) is 10.9 Å². The van der Waals surface area contributed by atoms with Gasteiger partial charge < -0.3 is 4.98 Å². The number of nitrogens with one attached hydrogen (secondary N) is 4. The molecule has 0 atom stereocenters. The van der Waals surface area contributed by atoms with Crippen LogP contribution in [-0.2, 0) is 10.0 Å². The highest BCUT2D eigenvalue weighted by Gasteiger charge is 2.18. The molecule has 4 aromatic rings. The van der Waals surface area contributed by atoms with Crippen molar-refractivity contribution in [1.29, 1.82) is 0 Å². The van der Waals surface area contributed by atoms with Gasteiger partial charge in [-0.05, 0) is 43.3 Å². The summed E-state index contributed by atoms with van der Waals surface area (Å²) in [5.41, 5.74) is 7.34. The SMILES string of the molecule is Cc1ccc(NS(=O)(=O)c2cccc(C(=O)NNC(=O)c3c[nH]c4ccccc34)c2)cc1. The molecule has 0 spiro atoms. The predicted molar refractivity (Wildman–Crippen MR) is 122 cm³/mol. The second-order valence-corrected chi connectivity index (χ2v) is 8.84. The molecular formula is C23H20N4O4S. The molecule has 1 aromatic heterocycles. The number of aromatic amines is 1. The molecule has 0 fully saturated rings. The smallest absolute Gasteiger partial charge is 0.271 e. The number of sulfonamides is 1. The lowest BCUT2D eigenvalue weighted by Gasteiger charge is -2.10. The van der Waals surface area contributed by atoms with E-state index >= 15 is 0 Å². The fourth-order valence-electron chi connectivity index (χ4n) is 3.15. The molecule has 162 valence electrons. The zero-order valence-electron chi connectivity index (χ0n) is 17.0. The van der Waals surface area contributed by atoms with Gasteiger partial charge >= 0.3 is 0 Å². The normalized spacial score (nSPS) is 11.2. The van der Waals surface area contributed by atoms with Crippen LogP contribution in [0.5, 0.6) is 0 Å². The van der Waals surface area contributed by atoms with E-state index in [1.165, 1.54) is 24.3 Å². The number of benzene rings is 3. The van der Waals surface area contributed by atoms with E-state index in [4.69, 9.17) is 0 Å². The number of rotatable bonds is 5. The Hall–Kier alpha value is -4.11. The van der Waals surface area contributed by atoms with Crippen molar-refractivity contribution < 1.29 is 18.0 Å². The molecule has 3 aromatic carbocycles. The third kappa shape index (κ3) is 4.47. The van der Waals surface area contributed by atoms with Crippen LogP contribution in [0.4, 0.5) is 5.69 Å². The summed E-state index contributed by atoms with van der Waals surface area (Å²) in [6.07, 6.45) is 1.55. The van der Waals surface area contributed by atoms with Crippen LogP contribution < -0.4 is 15.6 Å². The lowest BCUT2D eigenvalue weighted by Crippen LogP contribution is -2.41. The van der Waals surface area contributed by atoms with Crippen LogP contribution in [-0.4, -0.2) is 25.2 Å². The molecule has 0 saturated carbocycles. The summed E-state index contributed by atoms with van der Waals surface area (Å²) in [5.74, 6) is -1.15. The number of carbonyl (C=O) groups excluding carboxylic acids is 2. The molecule has 8 nitrogen and oxygen atoms in total. The number of para-hydroxylation sites is 1. The zero-order chi connectivity index (χ0) is 22.7. The van der Waals surface area contributed by atoms with E-state index in [0.29, 0.717) is 11.3 Å². The average molecular weight is 449 g/mol. The minimum atomic E-state index is -3.89. The fourth-order valence-corrected chi connectivity index (χ4v) is 4.26. The Labute approximate surface area is 184 Å². The Kier molecular flexibility index (Phi) is 5.65. The lowest BCUT2D eigenvalue weighted by atomic mass is 10.2. The fraction of sp³-hybridized carbons (Fsp3) is 0.0435. The number of aromatic nitrogens is 1. The first-order valence-corrected chi connectivity index (χ1v) is 11.2. The Morgan fingerprint density at radius 3 is 2.34 bits per heavy atom. The molecule has 0 aliphatic carbocycles. The van der Waals surface area contributed by atoms with Gasteiger partial charge in [0.15, 0.2) is 0 Å². The van der Waals surface area contributed by atoms with Gasteiger partial charge in [-0.3, -0.25) is 25.2 Å². The first-order chi connectivity index (χ1) is 15.3. The number of hydrogen-bond donors (Lipinski definition) is 4. The third-order valence-electron chi connectivity index (χ3n) is 4.83. The monoisotopic (exact) mass is 448 g/mol. The van der Waals surface area contributed by atoms with E-state index < -0.39 is 21.8 Å². The first-order valence-electron chi connectivity index (χ1n) is 9.70. The summed E-state index contributed by atoms with van der Waals surface area (Å²) in [6, 6.07) is 19.7. The molecule has 0 aliphatic heterocycles. The van der Waals surface area contributed by atoms with Crippen molar-refractivity contribution in [3.63, 3.8) is 0 Å². The summed E-state index contributed by atoms with van der Waals surface area (Å²) in [7, 11) is -3.89. The summed E-state index contributed by atoms with van der Waals surface area (Å²) in [4.78, 5) is 27.9. The van der Waals surface area contributed by atoms with Crippen LogP contribution in [0.1, 0.15) is 26.3 Å². The van der Waals surface area contributed by atoms with Crippen molar-refractivity contribution in [1.82, 2.24) is 15.8 Å². The standard InChI is InChI=1S/C23H20N4O4S/c1-15-9-11-17(12-10-15)27-32(30,31)18-6-4-5-16(13-18)22(28)25-26-23(29)20-14-24-21-8-3-2-7-19(20)21/h2-14,24,27H,1H3,(H,25,28)(H,26,29). The van der Waals surface area contributed by atoms with E-state index in [9.17, 15) is 18.0 Å². The molecular weight excluding hydrogens is 428 g/mol.